The SMILES string of the molecule is CC(C)OCc1c(-c2nc(C3(N)CCCC3)no2)oc2ccccc12. The van der Waals surface area contributed by atoms with Crippen LogP contribution in [-0.2, 0) is 16.9 Å². The Morgan fingerprint density at radius 2 is 2.00 bits per heavy atom. The van der Waals surface area contributed by atoms with E-state index in [1.165, 1.54) is 0 Å². The molecule has 2 aromatic heterocycles. The van der Waals surface area contributed by atoms with Crippen LogP contribution in [0.4, 0.5) is 0 Å². The van der Waals surface area contributed by atoms with Crippen LogP contribution in [-0.4, -0.2) is 16.2 Å². The molecule has 132 valence electrons. The Labute approximate surface area is 146 Å². The fourth-order valence-electron chi connectivity index (χ4n) is 3.41. The number of hydrogen-bond acceptors (Lipinski definition) is 6. The topological polar surface area (TPSA) is 87.3 Å². The van der Waals surface area contributed by atoms with Gasteiger partial charge in [-0.05, 0) is 32.8 Å². The van der Waals surface area contributed by atoms with Crippen LogP contribution in [0.3, 0.4) is 0 Å². The molecule has 0 aliphatic heterocycles. The molecule has 1 fully saturated rings. The van der Waals surface area contributed by atoms with Crippen LogP contribution in [0.5, 0.6) is 0 Å². The van der Waals surface area contributed by atoms with Gasteiger partial charge in [-0.25, -0.2) is 0 Å². The number of nitrogens with zero attached hydrogens (tertiary/aromatic N) is 2. The molecule has 0 amide bonds. The van der Waals surface area contributed by atoms with Crippen LogP contribution in [0.2, 0.25) is 0 Å². The van der Waals surface area contributed by atoms with Gasteiger partial charge in [0.05, 0.1) is 18.2 Å². The molecule has 2 N–H and O–H groups in total. The molecule has 6 heteroatoms. The summed E-state index contributed by atoms with van der Waals surface area (Å²) in [7, 11) is 0. The largest absolute Gasteiger partial charge is 0.450 e. The maximum Gasteiger partial charge on any atom is 0.294 e. The van der Waals surface area contributed by atoms with Crippen molar-refractivity contribution < 1.29 is 13.7 Å². The predicted molar refractivity (Wildman–Crippen MR) is 93.8 cm³/mol. The summed E-state index contributed by atoms with van der Waals surface area (Å²) < 4.78 is 17.3. The van der Waals surface area contributed by atoms with Crippen molar-refractivity contribution in [3.05, 3.63) is 35.7 Å². The molecular formula is C19H23N3O3. The molecule has 6 nitrogen and oxygen atoms in total. The highest BCUT2D eigenvalue weighted by atomic mass is 16.5. The zero-order chi connectivity index (χ0) is 17.4. The Balaban J connectivity index is 1.75. The van der Waals surface area contributed by atoms with E-state index in [4.69, 9.17) is 19.4 Å². The molecule has 1 saturated carbocycles. The monoisotopic (exact) mass is 341 g/mol. The van der Waals surface area contributed by atoms with Crippen LogP contribution in [0, 0.1) is 0 Å². The van der Waals surface area contributed by atoms with Crippen molar-refractivity contribution in [3.63, 3.8) is 0 Å². The number of hydrogen-bond donors (Lipinski definition) is 1. The van der Waals surface area contributed by atoms with Crippen LogP contribution < -0.4 is 5.73 Å². The van der Waals surface area contributed by atoms with E-state index in [2.05, 4.69) is 10.1 Å². The normalized spacial score (nSPS) is 17.0. The van der Waals surface area contributed by atoms with Gasteiger partial charge in [0.2, 0.25) is 0 Å². The number of nitrogens with two attached hydrogens (primary N) is 1. The third-order valence-electron chi connectivity index (χ3n) is 4.82. The van der Waals surface area contributed by atoms with Crippen LogP contribution in [0.15, 0.2) is 33.2 Å². The second-order valence-electron chi connectivity index (χ2n) is 7.05. The van der Waals surface area contributed by atoms with Crippen LogP contribution in [0.25, 0.3) is 22.6 Å². The molecule has 0 radical (unpaired) electrons. The summed E-state index contributed by atoms with van der Waals surface area (Å²) in [6, 6.07) is 7.86. The lowest BCUT2D eigenvalue weighted by atomic mass is 9.99. The first kappa shape index (κ1) is 16.3. The molecule has 0 bridgehead atoms. The van der Waals surface area contributed by atoms with Gasteiger partial charge in [-0.3, -0.25) is 0 Å². The highest BCUT2D eigenvalue weighted by molar-refractivity contribution is 5.86. The molecule has 1 aromatic carbocycles. The molecule has 0 spiro atoms. The van der Waals surface area contributed by atoms with Gasteiger partial charge in [0.25, 0.3) is 5.89 Å². The Kier molecular flexibility index (Phi) is 4.09. The highest BCUT2D eigenvalue weighted by Gasteiger charge is 2.36. The number of ether oxygens (including phenoxy) is 1. The van der Waals surface area contributed by atoms with Crippen molar-refractivity contribution in [3.8, 4) is 11.7 Å². The number of aromatic nitrogens is 2. The summed E-state index contributed by atoms with van der Waals surface area (Å²) in [6.07, 6.45) is 4.08. The average Bonchev–Trinajstić information content (AvgIpc) is 3.31. The molecule has 1 aliphatic rings. The van der Waals surface area contributed by atoms with Crippen molar-refractivity contribution in [1.82, 2.24) is 10.1 Å². The van der Waals surface area contributed by atoms with Crippen molar-refractivity contribution in [2.45, 2.75) is 57.8 Å². The van der Waals surface area contributed by atoms with Gasteiger partial charge < -0.3 is 19.4 Å². The molecule has 2 heterocycles. The Bertz CT molecular complexity index is 875. The van der Waals surface area contributed by atoms with E-state index in [9.17, 15) is 0 Å². The van der Waals surface area contributed by atoms with E-state index in [-0.39, 0.29) is 6.10 Å². The molecule has 4 rings (SSSR count). The molecule has 1 aliphatic carbocycles. The van der Waals surface area contributed by atoms with E-state index in [1.54, 1.807) is 0 Å². The Hall–Kier alpha value is -2.18. The van der Waals surface area contributed by atoms with E-state index in [0.717, 1.165) is 42.2 Å². The highest BCUT2D eigenvalue weighted by Crippen LogP contribution is 2.37. The number of benzene rings is 1. The molecule has 3 aromatic rings. The van der Waals surface area contributed by atoms with Crippen molar-refractivity contribution in [2.24, 2.45) is 5.73 Å². The lowest BCUT2D eigenvalue weighted by molar-refractivity contribution is 0.0662. The molecule has 25 heavy (non-hydrogen) atoms. The van der Waals surface area contributed by atoms with Gasteiger partial charge >= 0.3 is 0 Å². The maximum atomic E-state index is 6.44. The first-order valence-electron chi connectivity index (χ1n) is 8.82. The Morgan fingerprint density at radius 1 is 1.24 bits per heavy atom. The predicted octanol–water partition coefficient (Wildman–Crippen LogP) is 4.14. The van der Waals surface area contributed by atoms with Gasteiger partial charge in [-0.2, -0.15) is 4.98 Å². The van der Waals surface area contributed by atoms with Crippen LogP contribution >= 0.6 is 0 Å². The quantitative estimate of drug-likeness (QED) is 0.750. The van der Waals surface area contributed by atoms with E-state index < -0.39 is 5.54 Å². The first-order valence-corrected chi connectivity index (χ1v) is 8.82. The minimum atomic E-state index is -0.484. The van der Waals surface area contributed by atoms with E-state index in [1.807, 2.05) is 38.1 Å². The van der Waals surface area contributed by atoms with Crippen molar-refractivity contribution in [1.29, 1.82) is 0 Å². The lowest BCUT2D eigenvalue weighted by Gasteiger charge is -2.17. The standard InChI is InChI=1S/C19H23N3O3/c1-12(2)23-11-14-13-7-3-4-8-15(13)24-16(14)17-21-18(22-25-17)19(20)9-5-6-10-19/h3-4,7-8,12H,5-6,9-11,20H2,1-2H3. The second kappa shape index (κ2) is 6.28. The van der Waals surface area contributed by atoms with E-state index in [0.29, 0.717) is 24.1 Å². The fourth-order valence-corrected chi connectivity index (χ4v) is 3.41. The van der Waals surface area contributed by atoms with Crippen molar-refractivity contribution in [2.75, 3.05) is 0 Å². The van der Waals surface area contributed by atoms with Crippen molar-refractivity contribution >= 4 is 11.0 Å². The van der Waals surface area contributed by atoms with E-state index >= 15 is 0 Å². The summed E-state index contributed by atoms with van der Waals surface area (Å²) in [5.74, 6) is 1.50. The molecule has 0 atom stereocenters. The smallest absolute Gasteiger partial charge is 0.294 e. The number of rotatable bonds is 5. The zero-order valence-electron chi connectivity index (χ0n) is 14.6. The van der Waals surface area contributed by atoms with Crippen LogP contribution in [0.1, 0.15) is 50.9 Å². The number of para-hydroxylation sites is 1. The third kappa shape index (κ3) is 2.96. The summed E-state index contributed by atoms with van der Waals surface area (Å²) in [5, 5.41) is 5.14. The summed E-state index contributed by atoms with van der Waals surface area (Å²) in [4.78, 5) is 4.57. The van der Waals surface area contributed by atoms with Gasteiger partial charge in [0.15, 0.2) is 11.6 Å². The van der Waals surface area contributed by atoms with Gasteiger partial charge in [-0.15, -0.1) is 0 Å². The minimum Gasteiger partial charge on any atom is -0.450 e. The molecular weight excluding hydrogens is 318 g/mol. The summed E-state index contributed by atoms with van der Waals surface area (Å²) in [5.41, 5.74) is 7.67. The Morgan fingerprint density at radius 3 is 2.76 bits per heavy atom. The zero-order valence-corrected chi connectivity index (χ0v) is 14.6. The third-order valence-corrected chi connectivity index (χ3v) is 4.82. The fraction of sp³-hybridized carbons (Fsp3) is 0.474. The van der Waals surface area contributed by atoms with Gasteiger partial charge in [0, 0.05) is 10.9 Å². The maximum absolute atomic E-state index is 6.44. The molecule has 0 saturated heterocycles. The van der Waals surface area contributed by atoms with Gasteiger partial charge in [-0.1, -0.05) is 36.2 Å². The molecule has 0 unspecified atom stereocenters. The van der Waals surface area contributed by atoms with Gasteiger partial charge in [0.1, 0.15) is 5.58 Å². The summed E-state index contributed by atoms with van der Waals surface area (Å²) in [6.45, 7) is 4.44. The average molecular weight is 341 g/mol. The second-order valence-corrected chi connectivity index (χ2v) is 7.05. The summed E-state index contributed by atoms with van der Waals surface area (Å²) >= 11 is 0. The number of furan rings is 1. The lowest BCUT2D eigenvalue weighted by Crippen LogP contribution is -2.34. The number of fused-ring (bicyclic) bond motifs is 1. The first-order chi connectivity index (χ1) is 12.1. The minimum absolute atomic E-state index is 0.116.